The highest BCUT2D eigenvalue weighted by Gasteiger charge is 2.20. The number of carbonyl (C=O) groups is 1. The van der Waals surface area contributed by atoms with Crippen molar-refractivity contribution in [2.24, 2.45) is 0 Å². The van der Waals surface area contributed by atoms with Crippen molar-refractivity contribution in [3.05, 3.63) is 41.7 Å². The lowest BCUT2D eigenvalue weighted by molar-refractivity contribution is 0.0924. The molecule has 1 aliphatic carbocycles. The van der Waals surface area contributed by atoms with Gasteiger partial charge < -0.3 is 5.32 Å². The number of carbonyl (C=O) groups excluding carboxylic acids is 1. The Bertz CT molecular complexity index is 642. The second-order valence-corrected chi connectivity index (χ2v) is 6.27. The summed E-state index contributed by atoms with van der Waals surface area (Å²) in [6.45, 7) is 1.83. The minimum absolute atomic E-state index is 0.102. The fourth-order valence-corrected chi connectivity index (χ4v) is 3.12. The number of nitrogens with zero attached hydrogens (tertiary/aromatic N) is 3. The molecule has 0 aliphatic heterocycles. The standard InChI is InChI=1S/C18H24N4O/c1-14-17(21-22(20-14)16-12-8-5-9-13-16)18(23)19-15-10-6-3-2-4-7-11-15/h5,8-9,12-13,15H,2-4,6-7,10-11H2,1H3,(H,19,23). The lowest BCUT2D eigenvalue weighted by Gasteiger charge is -2.20. The van der Waals surface area contributed by atoms with Crippen LogP contribution in [0.5, 0.6) is 0 Å². The SMILES string of the molecule is Cc1nn(-c2ccccc2)nc1C(=O)NC1CCCCCCC1. The first-order valence-corrected chi connectivity index (χ1v) is 8.54. The van der Waals surface area contributed by atoms with Crippen molar-refractivity contribution >= 4 is 5.91 Å². The highest BCUT2D eigenvalue weighted by atomic mass is 16.2. The maximum atomic E-state index is 12.5. The van der Waals surface area contributed by atoms with Gasteiger partial charge in [-0.3, -0.25) is 4.79 Å². The topological polar surface area (TPSA) is 59.8 Å². The summed E-state index contributed by atoms with van der Waals surface area (Å²) in [4.78, 5) is 14.1. The van der Waals surface area contributed by atoms with Crippen molar-refractivity contribution in [2.75, 3.05) is 0 Å². The molecule has 5 nitrogen and oxygen atoms in total. The zero-order valence-electron chi connectivity index (χ0n) is 13.7. The molecular formula is C18H24N4O. The maximum absolute atomic E-state index is 12.5. The van der Waals surface area contributed by atoms with Gasteiger partial charge in [0.1, 0.15) is 0 Å². The third kappa shape index (κ3) is 3.97. The molecule has 1 aliphatic rings. The highest BCUT2D eigenvalue weighted by Crippen LogP contribution is 2.17. The van der Waals surface area contributed by atoms with Crippen LogP contribution >= 0.6 is 0 Å². The van der Waals surface area contributed by atoms with Gasteiger partial charge >= 0.3 is 0 Å². The number of benzene rings is 1. The van der Waals surface area contributed by atoms with Crippen LogP contribution in [-0.2, 0) is 0 Å². The van der Waals surface area contributed by atoms with E-state index in [0.29, 0.717) is 11.4 Å². The number of aromatic nitrogens is 3. The van der Waals surface area contributed by atoms with Crippen molar-refractivity contribution in [3.63, 3.8) is 0 Å². The summed E-state index contributed by atoms with van der Waals surface area (Å²) in [6, 6.07) is 9.93. The number of nitrogens with one attached hydrogen (secondary N) is 1. The largest absolute Gasteiger partial charge is 0.348 e. The van der Waals surface area contributed by atoms with Gasteiger partial charge in [0, 0.05) is 6.04 Å². The fraction of sp³-hybridized carbons (Fsp3) is 0.500. The summed E-state index contributed by atoms with van der Waals surface area (Å²) in [5.41, 5.74) is 1.95. The summed E-state index contributed by atoms with van der Waals surface area (Å²) in [7, 11) is 0. The van der Waals surface area contributed by atoms with Crippen molar-refractivity contribution in [2.45, 2.75) is 57.9 Å². The van der Waals surface area contributed by atoms with E-state index in [2.05, 4.69) is 15.5 Å². The zero-order valence-corrected chi connectivity index (χ0v) is 13.7. The molecule has 0 atom stereocenters. The van der Waals surface area contributed by atoms with E-state index in [-0.39, 0.29) is 11.9 Å². The van der Waals surface area contributed by atoms with Gasteiger partial charge in [0.05, 0.1) is 11.4 Å². The third-order valence-electron chi connectivity index (χ3n) is 4.42. The van der Waals surface area contributed by atoms with E-state index < -0.39 is 0 Å². The van der Waals surface area contributed by atoms with Crippen molar-refractivity contribution in [1.29, 1.82) is 0 Å². The molecule has 1 saturated carbocycles. The Labute approximate surface area is 137 Å². The van der Waals surface area contributed by atoms with E-state index in [4.69, 9.17) is 0 Å². The maximum Gasteiger partial charge on any atom is 0.273 e. The molecule has 23 heavy (non-hydrogen) atoms. The smallest absolute Gasteiger partial charge is 0.273 e. The Hall–Kier alpha value is -2.17. The number of hydrogen-bond acceptors (Lipinski definition) is 3. The summed E-state index contributed by atoms with van der Waals surface area (Å²) in [5.74, 6) is -0.102. The van der Waals surface area contributed by atoms with E-state index in [0.717, 1.165) is 18.5 Å². The molecule has 0 unspecified atom stereocenters. The molecule has 2 aromatic rings. The average Bonchev–Trinajstić information content (AvgIpc) is 2.93. The predicted octanol–water partition coefficient (Wildman–Crippen LogP) is 3.42. The predicted molar refractivity (Wildman–Crippen MR) is 89.7 cm³/mol. The molecule has 1 amide bonds. The summed E-state index contributed by atoms with van der Waals surface area (Å²) in [5, 5.41) is 11.9. The third-order valence-corrected chi connectivity index (χ3v) is 4.42. The van der Waals surface area contributed by atoms with E-state index in [1.165, 1.54) is 36.9 Å². The van der Waals surface area contributed by atoms with E-state index in [1.54, 1.807) is 0 Å². The summed E-state index contributed by atoms with van der Waals surface area (Å²) in [6.07, 6.45) is 8.40. The normalized spacial score (nSPS) is 16.6. The Morgan fingerprint density at radius 3 is 2.39 bits per heavy atom. The van der Waals surface area contributed by atoms with Gasteiger partial charge in [0.15, 0.2) is 5.69 Å². The van der Waals surface area contributed by atoms with Gasteiger partial charge in [0.2, 0.25) is 0 Å². The van der Waals surface area contributed by atoms with Gasteiger partial charge in [-0.2, -0.15) is 9.90 Å². The molecule has 1 N–H and O–H groups in total. The number of amides is 1. The van der Waals surface area contributed by atoms with Crippen LogP contribution in [0, 0.1) is 6.92 Å². The van der Waals surface area contributed by atoms with Crippen molar-refractivity contribution in [1.82, 2.24) is 20.3 Å². The molecule has 1 heterocycles. The molecule has 1 aromatic heterocycles. The molecule has 3 rings (SSSR count). The minimum atomic E-state index is -0.102. The van der Waals surface area contributed by atoms with Crippen LogP contribution in [0.3, 0.4) is 0 Å². The first-order valence-electron chi connectivity index (χ1n) is 8.54. The van der Waals surface area contributed by atoms with Crippen molar-refractivity contribution < 1.29 is 4.79 Å². The molecule has 0 radical (unpaired) electrons. The zero-order chi connectivity index (χ0) is 16.1. The molecule has 1 fully saturated rings. The van der Waals surface area contributed by atoms with E-state index in [1.807, 2.05) is 37.3 Å². The van der Waals surface area contributed by atoms with E-state index in [9.17, 15) is 4.79 Å². The average molecular weight is 312 g/mol. The van der Waals surface area contributed by atoms with Crippen LogP contribution in [0.1, 0.15) is 61.1 Å². The lowest BCUT2D eigenvalue weighted by Crippen LogP contribution is -2.35. The van der Waals surface area contributed by atoms with Crippen LogP contribution in [0.4, 0.5) is 0 Å². The minimum Gasteiger partial charge on any atom is -0.348 e. The van der Waals surface area contributed by atoms with Crippen LogP contribution < -0.4 is 5.32 Å². The van der Waals surface area contributed by atoms with Gasteiger partial charge in [0.25, 0.3) is 5.91 Å². The second kappa shape index (κ2) is 7.40. The van der Waals surface area contributed by atoms with Crippen LogP contribution in [0.25, 0.3) is 5.69 Å². The first-order chi connectivity index (χ1) is 11.2. The number of rotatable bonds is 3. The fourth-order valence-electron chi connectivity index (χ4n) is 3.12. The van der Waals surface area contributed by atoms with Gasteiger partial charge in [-0.15, -0.1) is 5.10 Å². The molecule has 0 bridgehead atoms. The van der Waals surface area contributed by atoms with Crippen molar-refractivity contribution in [3.8, 4) is 5.69 Å². The van der Waals surface area contributed by atoms with Gasteiger partial charge in [-0.05, 0) is 31.9 Å². The Balaban J connectivity index is 1.71. The molecule has 5 heteroatoms. The Kier molecular flexibility index (Phi) is 5.05. The van der Waals surface area contributed by atoms with Crippen LogP contribution in [0.15, 0.2) is 30.3 Å². The first kappa shape index (κ1) is 15.7. The molecular weight excluding hydrogens is 288 g/mol. The quantitative estimate of drug-likeness (QED) is 0.944. The number of hydrogen-bond donors (Lipinski definition) is 1. The molecule has 1 aromatic carbocycles. The second-order valence-electron chi connectivity index (χ2n) is 6.27. The monoisotopic (exact) mass is 312 g/mol. The van der Waals surface area contributed by atoms with Gasteiger partial charge in [-0.25, -0.2) is 0 Å². The Morgan fingerprint density at radius 1 is 1.04 bits per heavy atom. The molecule has 0 spiro atoms. The van der Waals surface area contributed by atoms with E-state index >= 15 is 0 Å². The molecule has 122 valence electrons. The van der Waals surface area contributed by atoms with Crippen LogP contribution in [-0.4, -0.2) is 26.9 Å². The number of para-hydroxylation sites is 1. The Morgan fingerprint density at radius 2 is 1.70 bits per heavy atom. The summed E-state index contributed by atoms with van der Waals surface area (Å²) >= 11 is 0. The van der Waals surface area contributed by atoms with Gasteiger partial charge in [-0.1, -0.05) is 50.3 Å². The number of aryl methyl sites for hydroxylation is 1. The summed E-state index contributed by atoms with van der Waals surface area (Å²) < 4.78 is 0. The molecule has 0 saturated heterocycles. The lowest BCUT2D eigenvalue weighted by atomic mass is 9.96. The van der Waals surface area contributed by atoms with Crippen LogP contribution in [0.2, 0.25) is 0 Å². The highest BCUT2D eigenvalue weighted by molar-refractivity contribution is 5.93.